The van der Waals surface area contributed by atoms with Crippen LogP contribution in [-0.4, -0.2) is 21.6 Å². The van der Waals surface area contributed by atoms with Crippen LogP contribution >= 0.6 is 23.2 Å². The summed E-state index contributed by atoms with van der Waals surface area (Å²) >= 11 is 12.3. The van der Waals surface area contributed by atoms with Gasteiger partial charge in [0.05, 0.1) is 12.2 Å². The smallest absolute Gasteiger partial charge is 0.268 e. The molecule has 0 fully saturated rings. The lowest BCUT2D eigenvalue weighted by atomic mass is 10.2. The van der Waals surface area contributed by atoms with Crippen molar-refractivity contribution in [3.8, 4) is 0 Å². The highest BCUT2D eigenvalue weighted by atomic mass is 35.5. The Balaban J connectivity index is 1.62. The maximum atomic E-state index is 12.0. The van der Waals surface area contributed by atoms with E-state index in [4.69, 9.17) is 23.2 Å². The van der Waals surface area contributed by atoms with E-state index in [1.54, 1.807) is 60.1 Å². The number of hydrogen-bond donors (Lipinski definition) is 2. The third-order valence-corrected chi connectivity index (χ3v) is 4.74. The molecule has 2 N–H and O–H groups in total. The van der Waals surface area contributed by atoms with E-state index in [0.29, 0.717) is 33.5 Å². The fourth-order valence-corrected chi connectivity index (χ4v) is 3.03. The normalized spacial score (nSPS) is 10.9. The van der Waals surface area contributed by atoms with Gasteiger partial charge in [-0.25, -0.2) is 4.68 Å². The Morgan fingerprint density at radius 1 is 1.03 bits per heavy atom. The quantitative estimate of drug-likeness (QED) is 0.475. The lowest BCUT2D eigenvalue weighted by molar-refractivity contribution is -0.117. The van der Waals surface area contributed by atoms with Gasteiger partial charge in [-0.15, -0.1) is 0 Å². The number of carbonyl (C=O) groups is 2. The highest BCUT2D eigenvalue weighted by Crippen LogP contribution is 2.22. The maximum Gasteiger partial charge on any atom is 0.269 e. The van der Waals surface area contributed by atoms with Crippen LogP contribution in [0.5, 0.6) is 0 Å². The van der Waals surface area contributed by atoms with Crippen LogP contribution in [0.25, 0.3) is 6.08 Å². The van der Waals surface area contributed by atoms with Crippen LogP contribution in [0.15, 0.2) is 60.7 Å². The first-order valence-electron chi connectivity index (χ1n) is 8.75. The van der Waals surface area contributed by atoms with Crippen molar-refractivity contribution in [3.05, 3.63) is 93.2 Å². The fourth-order valence-electron chi connectivity index (χ4n) is 2.60. The molecular weight excluding hydrogens is 411 g/mol. The number of hydrazine groups is 1. The number of aromatic nitrogens is 2. The van der Waals surface area contributed by atoms with Gasteiger partial charge in [-0.3, -0.25) is 20.4 Å². The SMILES string of the molecule is Cc1nn(Cc2ccc(Cl)cc2)c(Cl)c1/C=C/C(=O)NNC(=O)c1ccccc1. The summed E-state index contributed by atoms with van der Waals surface area (Å²) in [5, 5.41) is 5.49. The van der Waals surface area contributed by atoms with Crippen LogP contribution in [0, 0.1) is 6.92 Å². The molecule has 0 saturated heterocycles. The number of hydrogen-bond acceptors (Lipinski definition) is 3. The van der Waals surface area contributed by atoms with Crippen molar-refractivity contribution in [2.45, 2.75) is 13.5 Å². The lowest BCUT2D eigenvalue weighted by Crippen LogP contribution is -2.40. The fraction of sp³-hybridized carbons (Fsp3) is 0.0952. The maximum absolute atomic E-state index is 12.0. The standard InChI is InChI=1S/C21H18Cl2N4O2/c1-14-18(20(23)27(26-14)13-15-7-9-17(22)10-8-15)11-12-19(28)24-25-21(29)16-5-3-2-4-6-16/h2-12H,13H2,1H3,(H,24,28)(H,25,29)/b12-11+. The zero-order valence-corrected chi connectivity index (χ0v) is 17.0. The van der Waals surface area contributed by atoms with Crippen LogP contribution in [0.1, 0.15) is 27.2 Å². The van der Waals surface area contributed by atoms with E-state index >= 15 is 0 Å². The summed E-state index contributed by atoms with van der Waals surface area (Å²) in [6, 6.07) is 16.0. The second kappa shape index (κ2) is 9.41. The Kier molecular flexibility index (Phi) is 6.69. The zero-order valence-electron chi connectivity index (χ0n) is 15.5. The van der Waals surface area contributed by atoms with E-state index in [0.717, 1.165) is 5.56 Å². The molecule has 0 aliphatic carbocycles. The third kappa shape index (κ3) is 5.47. The Morgan fingerprint density at radius 3 is 2.41 bits per heavy atom. The molecule has 0 aliphatic heterocycles. The number of halogens is 2. The van der Waals surface area contributed by atoms with E-state index in [1.165, 1.54) is 6.08 Å². The van der Waals surface area contributed by atoms with Gasteiger partial charge < -0.3 is 0 Å². The van der Waals surface area contributed by atoms with Crippen molar-refractivity contribution in [3.63, 3.8) is 0 Å². The molecule has 8 heteroatoms. The van der Waals surface area contributed by atoms with Gasteiger partial charge in [0, 0.05) is 22.2 Å². The summed E-state index contributed by atoms with van der Waals surface area (Å²) in [6.45, 7) is 2.28. The first-order chi connectivity index (χ1) is 13.9. The van der Waals surface area contributed by atoms with E-state index in [-0.39, 0.29) is 0 Å². The molecule has 0 bridgehead atoms. The summed E-state index contributed by atoms with van der Waals surface area (Å²) in [4.78, 5) is 23.9. The van der Waals surface area contributed by atoms with Crippen molar-refractivity contribution >= 4 is 41.1 Å². The summed E-state index contributed by atoms with van der Waals surface area (Å²) in [5.41, 5.74) is 7.44. The second-order valence-corrected chi connectivity index (χ2v) is 7.01. The van der Waals surface area contributed by atoms with Crippen LogP contribution in [-0.2, 0) is 11.3 Å². The van der Waals surface area contributed by atoms with E-state index in [2.05, 4.69) is 16.0 Å². The Bertz CT molecular complexity index is 1040. The third-order valence-electron chi connectivity index (χ3n) is 4.09. The highest BCUT2D eigenvalue weighted by molar-refractivity contribution is 6.31. The first-order valence-corrected chi connectivity index (χ1v) is 9.50. The van der Waals surface area contributed by atoms with E-state index in [1.807, 2.05) is 12.1 Å². The average molecular weight is 429 g/mol. The Hall–Kier alpha value is -3.09. The molecule has 0 unspecified atom stereocenters. The molecule has 3 rings (SSSR count). The van der Waals surface area contributed by atoms with Gasteiger partial charge in [0.2, 0.25) is 0 Å². The minimum absolute atomic E-state index is 0.405. The van der Waals surface area contributed by atoms with Crippen LogP contribution < -0.4 is 10.9 Å². The molecule has 0 aliphatic rings. The molecule has 1 aromatic heterocycles. The minimum Gasteiger partial charge on any atom is -0.268 e. The van der Waals surface area contributed by atoms with Crippen LogP contribution in [0.3, 0.4) is 0 Å². The van der Waals surface area contributed by atoms with Crippen LogP contribution in [0.4, 0.5) is 0 Å². The predicted octanol–water partition coefficient (Wildman–Crippen LogP) is 4.02. The summed E-state index contributed by atoms with van der Waals surface area (Å²) in [5.74, 6) is -0.896. The Morgan fingerprint density at radius 2 is 1.72 bits per heavy atom. The molecule has 6 nitrogen and oxygen atoms in total. The number of benzene rings is 2. The second-order valence-electron chi connectivity index (χ2n) is 6.22. The molecule has 148 valence electrons. The summed E-state index contributed by atoms with van der Waals surface area (Å²) in [7, 11) is 0. The first kappa shape index (κ1) is 20.6. The van der Waals surface area contributed by atoms with Gasteiger partial charge in [-0.1, -0.05) is 53.5 Å². The molecule has 3 aromatic rings. The number of nitrogens with one attached hydrogen (secondary N) is 2. The van der Waals surface area contributed by atoms with Gasteiger partial charge in [-0.2, -0.15) is 5.10 Å². The van der Waals surface area contributed by atoms with Crippen molar-refractivity contribution < 1.29 is 9.59 Å². The molecule has 29 heavy (non-hydrogen) atoms. The number of rotatable bonds is 5. The average Bonchev–Trinajstić information content (AvgIpc) is 2.99. The van der Waals surface area contributed by atoms with E-state index < -0.39 is 11.8 Å². The van der Waals surface area contributed by atoms with Crippen molar-refractivity contribution in [2.24, 2.45) is 0 Å². The van der Waals surface area contributed by atoms with Crippen molar-refractivity contribution in [1.29, 1.82) is 0 Å². The summed E-state index contributed by atoms with van der Waals surface area (Å²) < 4.78 is 1.65. The molecule has 0 radical (unpaired) electrons. The number of carbonyl (C=O) groups excluding carboxylic acids is 2. The molecule has 2 amide bonds. The molecule has 0 saturated carbocycles. The van der Waals surface area contributed by atoms with Gasteiger partial charge in [0.25, 0.3) is 11.8 Å². The van der Waals surface area contributed by atoms with E-state index in [9.17, 15) is 9.59 Å². The molecular formula is C21H18Cl2N4O2. The lowest BCUT2D eigenvalue weighted by Gasteiger charge is -2.05. The Labute approximate surface area is 178 Å². The van der Waals surface area contributed by atoms with Gasteiger partial charge in [0.1, 0.15) is 5.15 Å². The number of aryl methyl sites for hydroxylation is 1. The van der Waals surface area contributed by atoms with Gasteiger partial charge in [-0.05, 0) is 42.8 Å². The monoisotopic (exact) mass is 428 g/mol. The van der Waals surface area contributed by atoms with Gasteiger partial charge in [0.15, 0.2) is 0 Å². The van der Waals surface area contributed by atoms with Gasteiger partial charge >= 0.3 is 0 Å². The highest BCUT2D eigenvalue weighted by Gasteiger charge is 2.12. The number of nitrogens with zero attached hydrogens (tertiary/aromatic N) is 2. The van der Waals surface area contributed by atoms with Crippen molar-refractivity contribution in [2.75, 3.05) is 0 Å². The molecule has 1 heterocycles. The van der Waals surface area contributed by atoms with Crippen LogP contribution in [0.2, 0.25) is 10.2 Å². The predicted molar refractivity (Wildman–Crippen MR) is 114 cm³/mol. The van der Waals surface area contributed by atoms with Crippen molar-refractivity contribution in [1.82, 2.24) is 20.6 Å². The zero-order chi connectivity index (χ0) is 20.8. The topological polar surface area (TPSA) is 76.0 Å². The largest absolute Gasteiger partial charge is 0.269 e. The number of amides is 2. The molecule has 2 aromatic carbocycles. The molecule has 0 atom stereocenters. The summed E-state index contributed by atoms with van der Waals surface area (Å²) in [6.07, 6.45) is 2.85. The minimum atomic E-state index is -0.491. The molecule has 0 spiro atoms.